The van der Waals surface area contributed by atoms with Gasteiger partial charge in [0.15, 0.2) is 0 Å². The monoisotopic (exact) mass is 336 g/mol. The van der Waals surface area contributed by atoms with Crippen molar-refractivity contribution in [1.29, 1.82) is 0 Å². The van der Waals surface area contributed by atoms with Crippen LogP contribution in [-0.4, -0.2) is 31.6 Å². The lowest BCUT2D eigenvalue weighted by Crippen LogP contribution is -2.35. The van der Waals surface area contributed by atoms with Crippen LogP contribution in [0.25, 0.3) is 5.69 Å². The van der Waals surface area contributed by atoms with Gasteiger partial charge in [-0.1, -0.05) is 6.07 Å². The number of pyridine rings is 1. The number of hydrogen-bond acceptors (Lipinski definition) is 5. The minimum Gasteiger partial charge on any atom is -0.342 e. The summed E-state index contributed by atoms with van der Waals surface area (Å²) in [5, 5.41) is 9.10. The molecule has 2 aromatic heterocycles. The zero-order valence-corrected chi connectivity index (χ0v) is 13.5. The fraction of sp³-hybridized carbons (Fsp3) is 0.118. The molecule has 0 aliphatic carbocycles. The van der Waals surface area contributed by atoms with Crippen LogP contribution in [0, 0.1) is 6.92 Å². The van der Waals surface area contributed by atoms with Crippen molar-refractivity contribution in [3.05, 3.63) is 66.5 Å². The molecule has 0 saturated carbocycles. The van der Waals surface area contributed by atoms with Gasteiger partial charge in [-0.15, -0.1) is 0 Å². The Morgan fingerprint density at radius 1 is 1.08 bits per heavy atom. The molecule has 3 rings (SSSR count). The highest BCUT2D eigenvalue weighted by Crippen LogP contribution is 2.12. The molecular formula is C17H16N6O2. The number of hydrogen-bond donors (Lipinski definition) is 2. The van der Waals surface area contributed by atoms with Crippen molar-refractivity contribution in [2.75, 3.05) is 5.32 Å². The SMILES string of the molecule is Cc1cccc(CNC(=O)C(=O)Nc2ccc(-n3cncn3)cc2)n1. The number of nitrogens with zero attached hydrogens (tertiary/aromatic N) is 4. The van der Waals surface area contributed by atoms with Gasteiger partial charge < -0.3 is 10.6 Å². The Balaban J connectivity index is 1.55. The van der Waals surface area contributed by atoms with Crippen molar-refractivity contribution in [3.63, 3.8) is 0 Å². The smallest absolute Gasteiger partial charge is 0.313 e. The Kier molecular flexibility index (Phi) is 4.79. The highest BCUT2D eigenvalue weighted by atomic mass is 16.2. The second-order valence-electron chi connectivity index (χ2n) is 5.29. The number of aromatic nitrogens is 4. The Hall–Kier alpha value is -3.55. The van der Waals surface area contributed by atoms with Gasteiger partial charge in [0, 0.05) is 11.4 Å². The Bertz CT molecular complexity index is 874. The van der Waals surface area contributed by atoms with Crippen LogP contribution in [0.3, 0.4) is 0 Å². The number of benzene rings is 1. The fourth-order valence-electron chi connectivity index (χ4n) is 2.18. The first kappa shape index (κ1) is 16.3. The van der Waals surface area contributed by atoms with Gasteiger partial charge in [0.2, 0.25) is 0 Å². The molecule has 25 heavy (non-hydrogen) atoms. The lowest BCUT2D eigenvalue weighted by atomic mass is 10.2. The molecule has 0 aliphatic heterocycles. The summed E-state index contributed by atoms with van der Waals surface area (Å²) < 4.78 is 1.59. The van der Waals surface area contributed by atoms with Crippen LogP contribution in [0.1, 0.15) is 11.4 Å². The standard InChI is InChI=1S/C17H16N6O2/c1-12-3-2-4-14(21-12)9-19-16(24)17(25)22-13-5-7-15(8-6-13)23-11-18-10-20-23/h2-8,10-11H,9H2,1H3,(H,19,24)(H,22,25). The van der Waals surface area contributed by atoms with Crippen molar-refractivity contribution < 1.29 is 9.59 Å². The molecule has 3 aromatic rings. The lowest BCUT2D eigenvalue weighted by Gasteiger charge is -2.07. The topological polar surface area (TPSA) is 102 Å². The van der Waals surface area contributed by atoms with E-state index in [1.54, 1.807) is 41.3 Å². The maximum atomic E-state index is 11.9. The van der Waals surface area contributed by atoms with Crippen molar-refractivity contribution in [2.24, 2.45) is 0 Å². The Morgan fingerprint density at radius 2 is 1.88 bits per heavy atom. The van der Waals surface area contributed by atoms with Gasteiger partial charge in [-0.3, -0.25) is 14.6 Å². The zero-order valence-electron chi connectivity index (χ0n) is 13.5. The van der Waals surface area contributed by atoms with Crippen LogP contribution in [0.15, 0.2) is 55.1 Å². The Labute approximate surface area is 143 Å². The average molecular weight is 336 g/mol. The van der Waals surface area contributed by atoms with Gasteiger partial charge in [0.1, 0.15) is 12.7 Å². The Morgan fingerprint density at radius 3 is 2.56 bits per heavy atom. The van der Waals surface area contributed by atoms with Gasteiger partial charge in [-0.25, -0.2) is 9.67 Å². The van der Waals surface area contributed by atoms with Gasteiger partial charge in [-0.2, -0.15) is 5.10 Å². The molecule has 1 aromatic carbocycles. The highest BCUT2D eigenvalue weighted by molar-refractivity contribution is 6.39. The number of aryl methyl sites for hydroxylation is 1. The minimum atomic E-state index is -0.735. The molecule has 2 N–H and O–H groups in total. The number of carbonyl (C=O) groups is 2. The van der Waals surface area contributed by atoms with Gasteiger partial charge >= 0.3 is 11.8 Å². The van der Waals surface area contributed by atoms with Gasteiger partial charge in [0.05, 0.1) is 17.9 Å². The molecule has 0 saturated heterocycles. The van der Waals surface area contributed by atoms with Crippen LogP contribution in [0.2, 0.25) is 0 Å². The quantitative estimate of drug-likeness (QED) is 0.698. The first-order valence-electron chi connectivity index (χ1n) is 7.58. The van der Waals surface area contributed by atoms with Crippen LogP contribution in [0.5, 0.6) is 0 Å². The molecule has 8 heteroatoms. The third-order valence-electron chi connectivity index (χ3n) is 3.39. The van der Waals surface area contributed by atoms with E-state index in [4.69, 9.17) is 0 Å². The van der Waals surface area contributed by atoms with E-state index in [1.165, 1.54) is 6.33 Å². The van der Waals surface area contributed by atoms with Crippen molar-refractivity contribution >= 4 is 17.5 Å². The molecule has 2 amide bonds. The summed E-state index contributed by atoms with van der Waals surface area (Å²) in [6.07, 6.45) is 3.00. The third-order valence-corrected chi connectivity index (χ3v) is 3.39. The molecule has 0 spiro atoms. The van der Waals surface area contributed by atoms with Crippen LogP contribution < -0.4 is 10.6 Å². The van der Waals surface area contributed by atoms with Crippen molar-refractivity contribution in [2.45, 2.75) is 13.5 Å². The zero-order chi connectivity index (χ0) is 17.6. The van der Waals surface area contributed by atoms with Gasteiger partial charge in [0.25, 0.3) is 0 Å². The van der Waals surface area contributed by atoms with E-state index in [0.29, 0.717) is 11.4 Å². The van der Waals surface area contributed by atoms with Crippen LogP contribution >= 0.6 is 0 Å². The molecule has 0 bridgehead atoms. The number of amides is 2. The third kappa shape index (κ3) is 4.25. The van der Waals surface area contributed by atoms with E-state index >= 15 is 0 Å². The molecule has 0 unspecified atom stereocenters. The van der Waals surface area contributed by atoms with E-state index in [0.717, 1.165) is 11.4 Å². The summed E-state index contributed by atoms with van der Waals surface area (Å²) in [6, 6.07) is 12.4. The summed E-state index contributed by atoms with van der Waals surface area (Å²) in [5.41, 5.74) is 2.85. The van der Waals surface area contributed by atoms with Crippen LogP contribution in [0.4, 0.5) is 5.69 Å². The van der Waals surface area contributed by atoms with Gasteiger partial charge in [-0.05, 0) is 43.3 Å². The predicted molar refractivity (Wildman–Crippen MR) is 90.8 cm³/mol. The molecule has 0 aliphatic rings. The molecule has 0 fully saturated rings. The van der Waals surface area contributed by atoms with Crippen molar-refractivity contribution in [3.8, 4) is 5.69 Å². The lowest BCUT2D eigenvalue weighted by molar-refractivity contribution is -0.136. The van der Waals surface area contributed by atoms with Crippen LogP contribution in [-0.2, 0) is 16.1 Å². The van der Waals surface area contributed by atoms with E-state index in [9.17, 15) is 9.59 Å². The average Bonchev–Trinajstić information content (AvgIpc) is 3.15. The number of rotatable bonds is 4. The summed E-state index contributed by atoms with van der Waals surface area (Å²) >= 11 is 0. The van der Waals surface area contributed by atoms with E-state index in [1.807, 2.05) is 19.1 Å². The minimum absolute atomic E-state index is 0.194. The second kappa shape index (κ2) is 7.35. The first-order chi connectivity index (χ1) is 12.1. The highest BCUT2D eigenvalue weighted by Gasteiger charge is 2.13. The summed E-state index contributed by atoms with van der Waals surface area (Å²) in [4.78, 5) is 32.0. The number of anilines is 1. The summed E-state index contributed by atoms with van der Waals surface area (Å²) in [7, 11) is 0. The number of nitrogens with one attached hydrogen (secondary N) is 2. The largest absolute Gasteiger partial charge is 0.342 e. The normalized spacial score (nSPS) is 10.3. The molecule has 126 valence electrons. The first-order valence-corrected chi connectivity index (χ1v) is 7.58. The maximum Gasteiger partial charge on any atom is 0.313 e. The molecule has 0 atom stereocenters. The van der Waals surface area contributed by atoms with E-state index < -0.39 is 11.8 Å². The fourth-order valence-corrected chi connectivity index (χ4v) is 2.18. The second-order valence-corrected chi connectivity index (χ2v) is 5.29. The molecular weight excluding hydrogens is 320 g/mol. The molecule has 0 radical (unpaired) electrons. The van der Waals surface area contributed by atoms with E-state index in [-0.39, 0.29) is 6.54 Å². The van der Waals surface area contributed by atoms with E-state index in [2.05, 4.69) is 25.7 Å². The predicted octanol–water partition coefficient (Wildman–Crippen LogP) is 1.23. The summed E-state index contributed by atoms with van der Waals surface area (Å²) in [5.74, 6) is -1.45. The summed E-state index contributed by atoms with van der Waals surface area (Å²) in [6.45, 7) is 2.06. The number of carbonyl (C=O) groups excluding carboxylic acids is 2. The van der Waals surface area contributed by atoms with Crippen molar-refractivity contribution in [1.82, 2.24) is 25.1 Å². The molecule has 2 heterocycles. The maximum absolute atomic E-state index is 11.9. The molecule has 8 nitrogen and oxygen atoms in total.